The SMILES string of the molecule is Nc1ccc(-c2nc(-c3ncn[nH]3)no2)cc1Br. The quantitative estimate of drug-likeness (QED) is 0.700. The maximum absolute atomic E-state index is 5.71. The zero-order chi connectivity index (χ0) is 12.5. The van der Waals surface area contributed by atoms with E-state index >= 15 is 0 Å². The van der Waals surface area contributed by atoms with Crippen molar-refractivity contribution in [2.24, 2.45) is 0 Å². The Morgan fingerprint density at radius 3 is 2.94 bits per heavy atom. The number of halogens is 1. The van der Waals surface area contributed by atoms with Gasteiger partial charge in [-0.15, -0.1) is 0 Å². The number of hydrogen-bond acceptors (Lipinski definition) is 6. The summed E-state index contributed by atoms with van der Waals surface area (Å²) in [6.45, 7) is 0. The van der Waals surface area contributed by atoms with Crippen molar-refractivity contribution in [2.45, 2.75) is 0 Å². The summed E-state index contributed by atoms with van der Waals surface area (Å²) in [5.41, 5.74) is 7.13. The Morgan fingerprint density at radius 2 is 2.22 bits per heavy atom. The van der Waals surface area contributed by atoms with E-state index in [1.54, 1.807) is 12.1 Å². The second kappa shape index (κ2) is 4.22. The van der Waals surface area contributed by atoms with Crippen LogP contribution in [0, 0.1) is 0 Å². The summed E-state index contributed by atoms with van der Waals surface area (Å²) >= 11 is 3.35. The molecule has 90 valence electrons. The number of aromatic amines is 1. The molecule has 2 aromatic heterocycles. The molecule has 0 aliphatic carbocycles. The van der Waals surface area contributed by atoms with Gasteiger partial charge in [0.25, 0.3) is 5.89 Å². The molecular formula is C10H7BrN6O. The summed E-state index contributed by atoms with van der Waals surface area (Å²) in [5, 5.41) is 10.2. The maximum Gasteiger partial charge on any atom is 0.258 e. The Labute approximate surface area is 110 Å². The third-order valence-corrected chi connectivity index (χ3v) is 2.99. The maximum atomic E-state index is 5.71. The second-order valence-corrected chi connectivity index (χ2v) is 4.35. The predicted molar refractivity (Wildman–Crippen MR) is 67.2 cm³/mol. The summed E-state index contributed by atoms with van der Waals surface area (Å²) in [6, 6.07) is 5.38. The smallest absolute Gasteiger partial charge is 0.258 e. The highest BCUT2D eigenvalue weighted by molar-refractivity contribution is 9.10. The number of benzene rings is 1. The number of aromatic nitrogens is 5. The highest BCUT2D eigenvalue weighted by atomic mass is 79.9. The Balaban J connectivity index is 2.00. The molecule has 0 bridgehead atoms. The van der Waals surface area contributed by atoms with E-state index in [0.717, 1.165) is 10.0 Å². The van der Waals surface area contributed by atoms with Crippen molar-refractivity contribution in [3.63, 3.8) is 0 Å². The average molecular weight is 307 g/mol. The van der Waals surface area contributed by atoms with Gasteiger partial charge in [-0.1, -0.05) is 5.16 Å². The molecule has 0 fully saturated rings. The van der Waals surface area contributed by atoms with E-state index in [2.05, 4.69) is 41.3 Å². The number of H-pyrrole nitrogens is 1. The second-order valence-electron chi connectivity index (χ2n) is 3.49. The van der Waals surface area contributed by atoms with Crippen LogP contribution >= 0.6 is 15.9 Å². The minimum atomic E-state index is 0.357. The first-order chi connectivity index (χ1) is 8.74. The van der Waals surface area contributed by atoms with Crippen LogP contribution in [0.1, 0.15) is 0 Å². The van der Waals surface area contributed by atoms with Crippen molar-refractivity contribution in [3.05, 3.63) is 29.0 Å². The van der Waals surface area contributed by atoms with Gasteiger partial charge in [0.1, 0.15) is 6.33 Å². The van der Waals surface area contributed by atoms with Crippen molar-refractivity contribution in [2.75, 3.05) is 5.73 Å². The first-order valence-corrected chi connectivity index (χ1v) is 5.78. The first kappa shape index (κ1) is 10.9. The molecule has 8 heteroatoms. The summed E-state index contributed by atoms with van der Waals surface area (Å²) in [4.78, 5) is 8.16. The van der Waals surface area contributed by atoms with Gasteiger partial charge >= 0.3 is 0 Å². The minimum Gasteiger partial charge on any atom is -0.398 e. The van der Waals surface area contributed by atoms with Gasteiger partial charge in [0, 0.05) is 15.7 Å². The van der Waals surface area contributed by atoms with Crippen LogP contribution in [-0.4, -0.2) is 25.3 Å². The van der Waals surface area contributed by atoms with Gasteiger partial charge in [-0.05, 0) is 34.1 Å². The molecule has 1 aromatic carbocycles. The van der Waals surface area contributed by atoms with E-state index in [9.17, 15) is 0 Å². The van der Waals surface area contributed by atoms with Crippen LogP contribution in [0.15, 0.2) is 33.5 Å². The molecule has 0 unspecified atom stereocenters. The Kier molecular flexibility index (Phi) is 2.56. The standard InChI is InChI=1S/C10H7BrN6O/c11-6-3-5(1-2-7(6)12)10-15-9(17-18-10)8-13-4-14-16-8/h1-4H,12H2,(H,13,14,16). The van der Waals surface area contributed by atoms with Crippen LogP contribution in [-0.2, 0) is 0 Å². The Hall–Kier alpha value is -2.22. The van der Waals surface area contributed by atoms with Crippen molar-refractivity contribution < 1.29 is 4.52 Å². The van der Waals surface area contributed by atoms with Crippen molar-refractivity contribution >= 4 is 21.6 Å². The van der Waals surface area contributed by atoms with E-state index in [4.69, 9.17) is 10.3 Å². The fourth-order valence-corrected chi connectivity index (χ4v) is 1.79. The lowest BCUT2D eigenvalue weighted by molar-refractivity contribution is 0.432. The van der Waals surface area contributed by atoms with Gasteiger partial charge in [-0.3, -0.25) is 5.10 Å². The highest BCUT2D eigenvalue weighted by Gasteiger charge is 2.13. The predicted octanol–water partition coefficient (Wildman–Crippen LogP) is 1.87. The largest absolute Gasteiger partial charge is 0.398 e. The molecule has 2 heterocycles. The number of rotatable bonds is 2. The fourth-order valence-electron chi connectivity index (χ4n) is 1.41. The molecule has 0 aliphatic heterocycles. The summed E-state index contributed by atoms with van der Waals surface area (Å²) in [7, 11) is 0. The molecule has 0 radical (unpaired) electrons. The molecule has 0 atom stereocenters. The van der Waals surface area contributed by atoms with Gasteiger partial charge < -0.3 is 10.3 Å². The molecule has 18 heavy (non-hydrogen) atoms. The summed E-state index contributed by atoms with van der Waals surface area (Å²) in [6.07, 6.45) is 1.38. The van der Waals surface area contributed by atoms with E-state index in [1.165, 1.54) is 6.33 Å². The lowest BCUT2D eigenvalue weighted by atomic mass is 10.2. The number of nitrogens with zero attached hydrogens (tertiary/aromatic N) is 4. The van der Waals surface area contributed by atoms with Crippen molar-refractivity contribution in [1.29, 1.82) is 0 Å². The molecule has 0 saturated heterocycles. The third-order valence-electron chi connectivity index (χ3n) is 2.30. The van der Waals surface area contributed by atoms with E-state index in [0.29, 0.717) is 23.2 Å². The lowest BCUT2D eigenvalue weighted by Gasteiger charge is -1.98. The number of nitrogens with two attached hydrogens (primary N) is 1. The topological polar surface area (TPSA) is 107 Å². The van der Waals surface area contributed by atoms with Gasteiger partial charge in [0.15, 0.2) is 5.82 Å². The zero-order valence-electron chi connectivity index (χ0n) is 8.96. The van der Waals surface area contributed by atoms with E-state index in [-0.39, 0.29) is 0 Å². The monoisotopic (exact) mass is 306 g/mol. The molecular weight excluding hydrogens is 300 g/mol. The molecule has 3 aromatic rings. The fraction of sp³-hybridized carbons (Fsp3) is 0. The average Bonchev–Trinajstić information content (AvgIpc) is 3.01. The van der Waals surface area contributed by atoms with Crippen LogP contribution in [0.25, 0.3) is 23.1 Å². The van der Waals surface area contributed by atoms with Gasteiger partial charge in [-0.25, -0.2) is 4.98 Å². The van der Waals surface area contributed by atoms with Crippen LogP contribution in [0.5, 0.6) is 0 Å². The molecule has 0 spiro atoms. The number of anilines is 1. The Bertz CT molecular complexity index is 678. The number of hydrogen-bond donors (Lipinski definition) is 2. The highest BCUT2D eigenvalue weighted by Crippen LogP contribution is 2.27. The third kappa shape index (κ3) is 1.86. The normalized spacial score (nSPS) is 10.7. The zero-order valence-corrected chi connectivity index (χ0v) is 10.5. The van der Waals surface area contributed by atoms with Crippen LogP contribution < -0.4 is 5.73 Å². The minimum absolute atomic E-state index is 0.357. The summed E-state index contributed by atoms with van der Waals surface area (Å²) in [5.74, 6) is 1.21. The summed E-state index contributed by atoms with van der Waals surface area (Å²) < 4.78 is 5.94. The van der Waals surface area contributed by atoms with E-state index in [1.807, 2.05) is 6.07 Å². The van der Waals surface area contributed by atoms with Gasteiger partial charge in [0.05, 0.1) is 0 Å². The van der Waals surface area contributed by atoms with Gasteiger partial charge in [0.2, 0.25) is 5.82 Å². The molecule has 0 aliphatic rings. The van der Waals surface area contributed by atoms with Crippen molar-refractivity contribution in [1.82, 2.24) is 25.3 Å². The molecule has 0 saturated carbocycles. The number of nitrogens with one attached hydrogen (secondary N) is 1. The Morgan fingerprint density at radius 1 is 1.33 bits per heavy atom. The molecule has 7 nitrogen and oxygen atoms in total. The van der Waals surface area contributed by atoms with Crippen LogP contribution in [0.2, 0.25) is 0 Å². The first-order valence-electron chi connectivity index (χ1n) is 4.99. The lowest BCUT2D eigenvalue weighted by Crippen LogP contribution is -1.87. The van der Waals surface area contributed by atoms with E-state index < -0.39 is 0 Å². The molecule has 0 amide bonds. The molecule has 3 N–H and O–H groups in total. The van der Waals surface area contributed by atoms with Crippen LogP contribution in [0.3, 0.4) is 0 Å². The van der Waals surface area contributed by atoms with Crippen molar-refractivity contribution in [3.8, 4) is 23.1 Å². The molecule has 3 rings (SSSR count). The van der Waals surface area contributed by atoms with Crippen LogP contribution in [0.4, 0.5) is 5.69 Å². The number of nitrogen functional groups attached to an aromatic ring is 1. The van der Waals surface area contributed by atoms with Gasteiger partial charge in [-0.2, -0.15) is 10.1 Å².